The summed E-state index contributed by atoms with van der Waals surface area (Å²) in [5, 5.41) is 2.85. The number of nitrogens with one attached hydrogen (secondary N) is 1. The van der Waals surface area contributed by atoms with E-state index in [0.717, 1.165) is 28.1 Å². The van der Waals surface area contributed by atoms with Crippen LogP contribution in [0.2, 0.25) is 0 Å². The molecule has 2 aromatic carbocycles. The maximum atomic E-state index is 12.7. The molecule has 1 unspecified atom stereocenters. The van der Waals surface area contributed by atoms with Gasteiger partial charge in [-0.1, -0.05) is 37.3 Å². The highest BCUT2D eigenvalue weighted by Crippen LogP contribution is 2.23. The average Bonchev–Trinajstić information content (AvgIpc) is 2.54. The van der Waals surface area contributed by atoms with Gasteiger partial charge in [0.1, 0.15) is 6.04 Å². The Bertz CT molecular complexity index is 862. The number of carbonyl (C=O) groups excluding carboxylic acids is 1. The lowest BCUT2D eigenvalue weighted by atomic mass is 10.1. The number of carbonyl (C=O) groups is 1. The zero-order chi connectivity index (χ0) is 18.6. The van der Waals surface area contributed by atoms with Crippen LogP contribution < -0.4 is 9.62 Å². The van der Waals surface area contributed by atoms with Crippen molar-refractivity contribution in [1.29, 1.82) is 0 Å². The summed E-state index contributed by atoms with van der Waals surface area (Å²) in [7, 11) is -3.61. The summed E-state index contributed by atoms with van der Waals surface area (Å²) in [6, 6.07) is 13.7. The van der Waals surface area contributed by atoms with Crippen molar-refractivity contribution in [2.45, 2.75) is 33.2 Å². The molecule has 0 fully saturated rings. The van der Waals surface area contributed by atoms with E-state index in [2.05, 4.69) is 5.32 Å². The molecule has 2 aromatic rings. The first-order valence-corrected chi connectivity index (χ1v) is 10.0. The van der Waals surface area contributed by atoms with E-state index in [1.165, 1.54) is 0 Å². The predicted molar refractivity (Wildman–Crippen MR) is 102 cm³/mol. The zero-order valence-corrected chi connectivity index (χ0v) is 15.8. The van der Waals surface area contributed by atoms with E-state index in [9.17, 15) is 13.2 Å². The molecule has 0 bridgehead atoms. The lowest BCUT2D eigenvalue weighted by Crippen LogP contribution is -2.45. The van der Waals surface area contributed by atoms with Gasteiger partial charge in [0.2, 0.25) is 15.9 Å². The third-order valence-corrected chi connectivity index (χ3v) is 5.24. The first kappa shape index (κ1) is 19.0. The Labute approximate surface area is 149 Å². The molecule has 0 aliphatic heterocycles. The van der Waals surface area contributed by atoms with Gasteiger partial charge in [-0.05, 0) is 49.6 Å². The molecule has 5 nitrogen and oxygen atoms in total. The second-order valence-corrected chi connectivity index (χ2v) is 7.93. The van der Waals surface area contributed by atoms with Crippen LogP contribution in [0.1, 0.15) is 25.0 Å². The zero-order valence-electron chi connectivity index (χ0n) is 15.0. The molecular formula is C19H24N2O3S. The summed E-state index contributed by atoms with van der Waals surface area (Å²) < 4.78 is 25.8. The minimum atomic E-state index is -3.61. The van der Waals surface area contributed by atoms with Crippen molar-refractivity contribution in [3.8, 4) is 0 Å². The summed E-state index contributed by atoms with van der Waals surface area (Å²) in [4.78, 5) is 12.7. The Hall–Kier alpha value is -2.34. The van der Waals surface area contributed by atoms with Crippen molar-refractivity contribution in [2.24, 2.45) is 0 Å². The standard InChI is InChI=1S/C19H24N2O3S/c1-5-16-10-6-7-12-18(16)20-19(22)15(3)21(25(4,23)24)17-11-8-9-14(2)13-17/h6-13,15H,5H2,1-4H3,(H,20,22). The van der Waals surface area contributed by atoms with E-state index in [1.807, 2.05) is 44.2 Å². The predicted octanol–water partition coefficient (Wildman–Crippen LogP) is 3.35. The van der Waals surface area contributed by atoms with Crippen molar-refractivity contribution >= 4 is 27.3 Å². The van der Waals surface area contributed by atoms with Crippen molar-refractivity contribution < 1.29 is 13.2 Å². The van der Waals surface area contributed by atoms with Crippen LogP contribution in [0.4, 0.5) is 11.4 Å². The quantitative estimate of drug-likeness (QED) is 0.859. The van der Waals surface area contributed by atoms with E-state index in [0.29, 0.717) is 11.4 Å². The Morgan fingerprint density at radius 2 is 1.84 bits per heavy atom. The minimum absolute atomic E-state index is 0.368. The number of amides is 1. The molecule has 0 saturated heterocycles. The van der Waals surface area contributed by atoms with Crippen LogP contribution in [0.25, 0.3) is 0 Å². The maximum Gasteiger partial charge on any atom is 0.248 e. The number of rotatable bonds is 6. The Kier molecular flexibility index (Phi) is 5.85. The van der Waals surface area contributed by atoms with Crippen LogP contribution in [0.5, 0.6) is 0 Å². The highest BCUT2D eigenvalue weighted by Gasteiger charge is 2.29. The van der Waals surface area contributed by atoms with Gasteiger partial charge in [0.15, 0.2) is 0 Å². The SMILES string of the molecule is CCc1ccccc1NC(=O)C(C)N(c1cccc(C)c1)S(C)(=O)=O. The van der Waals surface area contributed by atoms with Crippen molar-refractivity contribution in [3.05, 3.63) is 59.7 Å². The Morgan fingerprint density at radius 1 is 1.16 bits per heavy atom. The average molecular weight is 360 g/mol. The molecule has 0 aromatic heterocycles. The van der Waals surface area contributed by atoms with Gasteiger partial charge in [0, 0.05) is 5.69 Å². The lowest BCUT2D eigenvalue weighted by molar-refractivity contribution is -0.116. The number of aryl methyl sites for hydroxylation is 2. The van der Waals surface area contributed by atoms with Gasteiger partial charge < -0.3 is 5.32 Å². The first-order chi connectivity index (χ1) is 11.7. The molecule has 2 rings (SSSR count). The van der Waals surface area contributed by atoms with Crippen molar-refractivity contribution in [2.75, 3.05) is 15.9 Å². The fourth-order valence-corrected chi connectivity index (χ4v) is 3.93. The number of hydrogen-bond acceptors (Lipinski definition) is 3. The largest absolute Gasteiger partial charge is 0.324 e. The molecule has 25 heavy (non-hydrogen) atoms. The fraction of sp³-hybridized carbons (Fsp3) is 0.316. The topological polar surface area (TPSA) is 66.5 Å². The number of hydrogen-bond donors (Lipinski definition) is 1. The minimum Gasteiger partial charge on any atom is -0.324 e. The summed E-state index contributed by atoms with van der Waals surface area (Å²) in [6.07, 6.45) is 1.89. The molecular weight excluding hydrogens is 336 g/mol. The number of para-hydroxylation sites is 1. The molecule has 1 amide bonds. The Balaban J connectivity index is 2.33. The van der Waals surface area contributed by atoms with Gasteiger partial charge in [-0.2, -0.15) is 0 Å². The molecule has 0 heterocycles. The van der Waals surface area contributed by atoms with E-state index in [-0.39, 0.29) is 5.91 Å². The van der Waals surface area contributed by atoms with E-state index in [4.69, 9.17) is 0 Å². The molecule has 0 aliphatic rings. The highest BCUT2D eigenvalue weighted by molar-refractivity contribution is 7.92. The molecule has 134 valence electrons. The third kappa shape index (κ3) is 4.60. The summed E-state index contributed by atoms with van der Waals surface area (Å²) in [5.74, 6) is -0.368. The molecule has 1 N–H and O–H groups in total. The van der Waals surface area contributed by atoms with Gasteiger partial charge >= 0.3 is 0 Å². The maximum absolute atomic E-state index is 12.7. The van der Waals surface area contributed by atoms with Crippen LogP contribution in [0.3, 0.4) is 0 Å². The first-order valence-electron chi connectivity index (χ1n) is 8.19. The van der Waals surface area contributed by atoms with Crippen LogP contribution in [-0.2, 0) is 21.2 Å². The van der Waals surface area contributed by atoms with Crippen molar-refractivity contribution in [1.82, 2.24) is 0 Å². The van der Waals surface area contributed by atoms with E-state index >= 15 is 0 Å². The highest BCUT2D eigenvalue weighted by atomic mass is 32.2. The fourth-order valence-electron chi connectivity index (χ4n) is 2.76. The number of nitrogens with zero attached hydrogens (tertiary/aromatic N) is 1. The van der Waals surface area contributed by atoms with E-state index < -0.39 is 16.1 Å². The van der Waals surface area contributed by atoms with Gasteiger partial charge in [-0.3, -0.25) is 9.10 Å². The molecule has 0 spiro atoms. The van der Waals surface area contributed by atoms with E-state index in [1.54, 1.807) is 25.1 Å². The second-order valence-electron chi connectivity index (χ2n) is 6.07. The van der Waals surface area contributed by atoms with Gasteiger partial charge in [0.05, 0.1) is 11.9 Å². The summed E-state index contributed by atoms with van der Waals surface area (Å²) >= 11 is 0. The monoisotopic (exact) mass is 360 g/mol. The van der Waals surface area contributed by atoms with Crippen LogP contribution in [-0.4, -0.2) is 26.6 Å². The summed E-state index contributed by atoms with van der Waals surface area (Å²) in [6.45, 7) is 5.48. The number of benzene rings is 2. The van der Waals surface area contributed by atoms with Crippen molar-refractivity contribution in [3.63, 3.8) is 0 Å². The van der Waals surface area contributed by atoms with Crippen LogP contribution in [0.15, 0.2) is 48.5 Å². The molecule has 0 radical (unpaired) electrons. The van der Waals surface area contributed by atoms with Gasteiger partial charge in [0.25, 0.3) is 0 Å². The number of sulfonamides is 1. The van der Waals surface area contributed by atoms with Crippen LogP contribution in [0, 0.1) is 6.92 Å². The summed E-state index contributed by atoms with van der Waals surface area (Å²) in [5.41, 5.74) is 3.12. The third-order valence-electron chi connectivity index (χ3n) is 4.00. The molecule has 1 atom stereocenters. The van der Waals surface area contributed by atoms with Gasteiger partial charge in [-0.25, -0.2) is 8.42 Å². The van der Waals surface area contributed by atoms with Gasteiger partial charge in [-0.15, -0.1) is 0 Å². The second kappa shape index (κ2) is 7.70. The number of anilines is 2. The molecule has 0 aliphatic carbocycles. The van der Waals surface area contributed by atoms with Crippen LogP contribution >= 0.6 is 0 Å². The Morgan fingerprint density at radius 3 is 2.44 bits per heavy atom. The smallest absolute Gasteiger partial charge is 0.248 e. The normalized spacial score (nSPS) is 12.5. The molecule has 0 saturated carbocycles. The molecule has 6 heteroatoms. The lowest BCUT2D eigenvalue weighted by Gasteiger charge is -2.28.